The maximum absolute atomic E-state index is 11.8. The molecule has 0 rings (SSSR count). The summed E-state index contributed by atoms with van der Waals surface area (Å²) >= 11 is 0. The average Bonchev–Trinajstić information content (AvgIpc) is 2.67. The number of hydrogen-bond acceptors (Lipinski definition) is 4. The maximum Gasteiger partial charge on any atom is 0.305 e. The van der Waals surface area contributed by atoms with Crippen molar-refractivity contribution in [2.45, 2.75) is 123 Å². The fraction of sp³-hybridized carbons (Fsp3) is 0.875. The summed E-state index contributed by atoms with van der Waals surface area (Å²) in [6.45, 7) is 8.49. The molecule has 0 heterocycles. The topological polar surface area (TPSA) is 55.8 Å². The van der Waals surface area contributed by atoms with Gasteiger partial charge in [-0.05, 0) is 51.7 Å². The summed E-state index contributed by atoms with van der Waals surface area (Å²) in [5.41, 5.74) is 0. The summed E-state index contributed by atoms with van der Waals surface area (Å²) in [5.74, 6) is -0.180. The van der Waals surface area contributed by atoms with Gasteiger partial charge < -0.3 is 14.3 Å². The van der Waals surface area contributed by atoms with Gasteiger partial charge >= 0.3 is 5.97 Å². The highest BCUT2D eigenvalue weighted by Crippen LogP contribution is 2.11. The van der Waals surface area contributed by atoms with E-state index in [2.05, 4.69) is 38.7 Å². The van der Waals surface area contributed by atoms with Crippen LogP contribution in [0.15, 0.2) is 12.2 Å². The SMILES string of the molecule is CCCCCCCCC=CCCCCCCCC(=O)OCC(CO)O[Si](C)(C)C. The van der Waals surface area contributed by atoms with Crippen molar-refractivity contribution in [2.24, 2.45) is 0 Å². The van der Waals surface area contributed by atoms with Crippen LogP contribution < -0.4 is 0 Å². The van der Waals surface area contributed by atoms with Crippen molar-refractivity contribution in [1.29, 1.82) is 0 Å². The van der Waals surface area contributed by atoms with Gasteiger partial charge in [-0.3, -0.25) is 4.79 Å². The predicted molar refractivity (Wildman–Crippen MR) is 126 cm³/mol. The average molecular weight is 429 g/mol. The Labute approximate surface area is 181 Å². The van der Waals surface area contributed by atoms with Crippen LogP contribution in [0.4, 0.5) is 0 Å². The third-order valence-electron chi connectivity index (χ3n) is 4.80. The molecule has 0 aliphatic heterocycles. The third-order valence-corrected chi connectivity index (χ3v) is 5.84. The van der Waals surface area contributed by atoms with E-state index < -0.39 is 8.32 Å². The van der Waals surface area contributed by atoms with Gasteiger partial charge in [0.05, 0.1) is 6.61 Å². The third kappa shape index (κ3) is 21.9. The molecule has 0 bridgehead atoms. The van der Waals surface area contributed by atoms with E-state index >= 15 is 0 Å². The highest BCUT2D eigenvalue weighted by atomic mass is 28.4. The first-order valence-corrected chi connectivity index (χ1v) is 15.4. The molecule has 0 spiro atoms. The van der Waals surface area contributed by atoms with E-state index in [0.717, 1.165) is 12.8 Å². The molecule has 5 heteroatoms. The number of carbonyl (C=O) groups is 1. The molecule has 0 saturated carbocycles. The van der Waals surface area contributed by atoms with Crippen molar-refractivity contribution >= 4 is 14.3 Å². The van der Waals surface area contributed by atoms with Crippen LogP contribution in [-0.4, -0.2) is 38.7 Å². The molecular weight excluding hydrogens is 380 g/mol. The van der Waals surface area contributed by atoms with Gasteiger partial charge in [-0.1, -0.05) is 70.4 Å². The fourth-order valence-corrected chi connectivity index (χ4v) is 4.36. The standard InChI is InChI=1S/C24H48O4Si/c1-5-6-7-8-9-10-11-12-13-14-15-16-17-18-19-20-24(26)27-22-23(21-25)28-29(2,3)4/h12-13,23,25H,5-11,14-22H2,1-4H3. The summed E-state index contributed by atoms with van der Waals surface area (Å²) in [7, 11) is -1.73. The Hall–Kier alpha value is -0.653. The Morgan fingerprint density at radius 1 is 0.862 bits per heavy atom. The first-order chi connectivity index (χ1) is 13.9. The fourth-order valence-electron chi connectivity index (χ4n) is 3.22. The van der Waals surface area contributed by atoms with Gasteiger partial charge in [-0.2, -0.15) is 0 Å². The summed E-state index contributed by atoms with van der Waals surface area (Å²) < 4.78 is 11.0. The normalized spacial score (nSPS) is 13.1. The zero-order valence-electron chi connectivity index (χ0n) is 19.7. The van der Waals surface area contributed by atoms with Gasteiger partial charge in [-0.15, -0.1) is 0 Å². The first-order valence-electron chi connectivity index (χ1n) is 12.0. The predicted octanol–water partition coefficient (Wildman–Crippen LogP) is 6.78. The van der Waals surface area contributed by atoms with Crippen LogP contribution in [0.5, 0.6) is 0 Å². The minimum Gasteiger partial charge on any atom is -0.463 e. The molecular formula is C24H48O4Si. The highest BCUT2D eigenvalue weighted by molar-refractivity contribution is 6.69. The number of aliphatic hydroxyl groups is 1. The van der Waals surface area contributed by atoms with Gasteiger partial charge in [-0.25, -0.2) is 0 Å². The number of esters is 1. The molecule has 1 N–H and O–H groups in total. The second-order valence-electron chi connectivity index (χ2n) is 9.05. The number of unbranched alkanes of at least 4 members (excludes halogenated alkanes) is 11. The zero-order chi connectivity index (χ0) is 21.8. The lowest BCUT2D eigenvalue weighted by atomic mass is 10.1. The monoisotopic (exact) mass is 428 g/mol. The lowest BCUT2D eigenvalue weighted by Crippen LogP contribution is -2.37. The van der Waals surface area contributed by atoms with E-state index in [0.29, 0.717) is 6.42 Å². The molecule has 1 unspecified atom stereocenters. The number of allylic oxidation sites excluding steroid dienone is 2. The maximum atomic E-state index is 11.8. The largest absolute Gasteiger partial charge is 0.463 e. The van der Waals surface area contributed by atoms with Gasteiger partial charge in [0.1, 0.15) is 12.7 Å². The molecule has 0 radical (unpaired) electrons. The van der Waals surface area contributed by atoms with Crippen LogP contribution in [0.2, 0.25) is 19.6 Å². The quantitative estimate of drug-likeness (QED) is 0.100. The molecule has 0 aliphatic rings. The Kier molecular flexibility index (Phi) is 18.9. The van der Waals surface area contributed by atoms with E-state index in [9.17, 15) is 9.90 Å². The molecule has 4 nitrogen and oxygen atoms in total. The summed E-state index contributed by atoms with van der Waals surface area (Å²) in [5, 5.41) is 9.32. The number of carbonyl (C=O) groups excluding carboxylic acids is 1. The molecule has 1 atom stereocenters. The molecule has 0 fully saturated rings. The molecule has 0 saturated heterocycles. The van der Waals surface area contributed by atoms with E-state index in [4.69, 9.17) is 9.16 Å². The molecule has 172 valence electrons. The van der Waals surface area contributed by atoms with Crippen molar-refractivity contribution in [3.63, 3.8) is 0 Å². The summed E-state index contributed by atoms with van der Waals surface area (Å²) in [4.78, 5) is 11.8. The number of aliphatic hydroxyl groups excluding tert-OH is 1. The van der Waals surface area contributed by atoms with E-state index in [-0.39, 0.29) is 25.3 Å². The van der Waals surface area contributed by atoms with Crippen LogP contribution in [0.3, 0.4) is 0 Å². The van der Waals surface area contributed by atoms with Crippen LogP contribution in [0, 0.1) is 0 Å². The molecule has 0 aliphatic carbocycles. The Bertz CT molecular complexity index is 404. The highest BCUT2D eigenvalue weighted by Gasteiger charge is 2.21. The first kappa shape index (κ1) is 28.3. The van der Waals surface area contributed by atoms with Crippen LogP contribution in [0.25, 0.3) is 0 Å². The van der Waals surface area contributed by atoms with E-state index in [1.54, 1.807) is 0 Å². The zero-order valence-corrected chi connectivity index (χ0v) is 20.7. The summed E-state index contributed by atoms with van der Waals surface area (Å²) in [6.07, 6.45) is 21.0. The van der Waals surface area contributed by atoms with Crippen LogP contribution in [-0.2, 0) is 14.0 Å². The van der Waals surface area contributed by atoms with Crippen LogP contribution in [0.1, 0.15) is 96.8 Å². The molecule has 0 amide bonds. The number of ether oxygens (including phenoxy) is 1. The molecule has 0 aromatic rings. The van der Waals surface area contributed by atoms with Crippen molar-refractivity contribution in [2.75, 3.05) is 13.2 Å². The van der Waals surface area contributed by atoms with Gasteiger partial charge in [0.15, 0.2) is 8.32 Å². The van der Waals surface area contributed by atoms with Gasteiger partial charge in [0, 0.05) is 6.42 Å². The van der Waals surface area contributed by atoms with Gasteiger partial charge in [0.2, 0.25) is 0 Å². The Balaban J connectivity index is 3.45. The Morgan fingerprint density at radius 2 is 1.38 bits per heavy atom. The van der Waals surface area contributed by atoms with Crippen molar-refractivity contribution in [3.8, 4) is 0 Å². The lowest BCUT2D eigenvalue weighted by molar-refractivity contribution is -0.147. The van der Waals surface area contributed by atoms with Crippen molar-refractivity contribution in [3.05, 3.63) is 12.2 Å². The smallest absolute Gasteiger partial charge is 0.305 e. The number of rotatable bonds is 20. The van der Waals surface area contributed by atoms with Crippen LogP contribution >= 0.6 is 0 Å². The van der Waals surface area contributed by atoms with E-state index in [1.165, 1.54) is 70.6 Å². The summed E-state index contributed by atoms with van der Waals surface area (Å²) in [6, 6.07) is 0. The molecule has 29 heavy (non-hydrogen) atoms. The minimum absolute atomic E-state index is 0.106. The second kappa shape index (κ2) is 19.3. The second-order valence-corrected chi connectivity index (χ2v) is 13.5. The van der Waals surface area contributed by atoms with Crippen molar-refractivity contribution < 1.29 is 19.1 Å². The minimum atomic E-state index is -1.73. The Morgan fingerprint density at radius 3 is 1.90 bits per heavy atom. The molecule has 0 aromatic heterocycles. The lowest BCUT2D eigenvalue weighted by Gasteiger charge is -2.24. The molecule has 0 aromatic carbocycles. The number of hydrogen-bond donors (Lipinski definition) is 1. The van der Waals surface area contributed by atoms with Crippen molar-refractivity contribution in [1.82, 2.24) is 0 Å². The van der Waals surface area contributed by atoms with Gasteiger partial charge in [0.25, 0.3) is 0 Å². The van der Waals surface area contributed by atoms with E-state index in [1.807, 2.05) is 0 Å².